The summed E-state index contributed by atoms with van der Waals surface area (Å²) in [5.41, 5.74) is 0.897. The normalized spacial score (nSPS) is 18.6. The van der Waals surface area contributed by atoms with Gasteiger partial charge in [-0.15, -0.1) is 11.8 Å². The van der Waals surface area contributed by atoms with Crippen LogP contribution in [-0.2, 0) is 18.3 Å². The second-order valence-electron chi connectivity index (χ2n) is 4.29. The molecule has 0 aromatic carbocycles. The average molecular weight is 284 g/mol. The number of aliphatic carboxylic acids is 1. The molecule has 7 nitrogen and oxygen atoms in total. The van der Waals surface area contributed by atoms with E-state index >= 15 is 0 Å². The SMILES string of the molecule is Cn1ccc(CCNC(=O)N2CSCC2C(=O)O)n1. The van der Waals surface area contributed by atoms with E-state index in [0.717, 1.165) is 5.69 Å². The predicted molar refractivity (Wildman–Crippen MR) is 70.9 cm³/mol. The molecule has 1 aromatic heterocycles. The van der Waals surface area contributed by atoms with E-state index in [1.807, 2.05) is 19.3 Å². The van der Waals surface area contributed by atoms with E-state index in [1.54, 1.807) is 4.68 Å². The number of carbonyl (C=O) groups excluding carboxylic acids is 1. The average Bonchev–Trinajstić information content (AvgIpc) is 2.97. The van der Waals surface area contributed by atoms with Gasteiger partial charge in [0, 0.05) is 32.0 Å². The fourth-order valence-electron chi connectivity index (χ4n) is 1.84. The highest BCUT2D eigenvalue weighted by Crippen LogP contribution is 2.20. The van der Waals surface area contributed by atoms with Gasteiger partial charge in [-0.2, -0.15) is 5.10 Å². The van der Waals surface area contributed by atoms with Crippen molar-refractivity contribution in [2.24, 2.45) is 7.05 Å². The van der Waals surface area contributed by atoms with Crippen molar-refractivity contribution in [1.82, 2.24) is 20.0 Å². The maximum Gasteiger partial charge on any atom is 0.327 e. The predicted octanol–water partition coefficient (Wildman–Crippen LogP) is 0.132. The molecular formula is C11H16N4O3S. The Labute approximate surface area is 115 Å². The summed E-state index contributed by atoms with van der Waals surface area (Å²) in [6.45, 7) is 0.448. The Kier molecular flexibility index (Phi) is 4.31. The molecule has 104 valence electrons. The number of aryl methyl sites for hydroxylation is 1. The molecule has 1 fully saturated rings. The Bertz CT molecular complexity index is 476. The van der Waals surface area contributed by atoms with E-state index in [4.69, 9.17) is 5.11 Å². The van der Waals surface area contributed by atoms with Crippen molar-refractivity contribution in [3.8, 4) is 0 Å². The standard InChI is InChI=1S/C11H16N4O3S/c1-14-5-3-8(13-14)2-4-12-11(18)15-7-19-6-9(15)10(16)17/h3,5,9H,2,4,6-7H2,1H3,(H,12,18)(H,16,17). The van der Waals surface area contributed by atoms with E-state index in [9.17, 15) is 9.59 Å². The number of rotatable bonds is 4. The van der Waals surface area contributed by atoms with Gasteiger partial charge in [0.05, 0.1) is 11.6 Å². The molecule has 19 heavy (non-hydrogen) atoms. The maximum absolute atomic E-state index is 11.9. The summed E-state index contributed by atoms with van der Waals surface area (Å²) in [5.74, 6) is -0.0834. The van der Waals surface area contributed by atoms with Gasteiger partial charge in [0.25, 0.3) is 0 Å². The van der Waals surface area contributed by atoms with Gasteiger partial charge in [0.1, 0.15) is 6.04 Å². The van der Waals surface area contributed by atoms with Crippen molar-refractivity contribution in [3.05, 3.63) is 18.0 Å². The smallest absolute Gasteiger partial charge is 0.327 e. The maximum atomic E-state index is 11.9. The van der Waals surface area contributed by atoms with E-state index in [2.05, 4.69) is 10.4 Å². The van der Waals surface area contributed by atoms with Gasteiger partial charge in [0.2, 0.25) is 0 Å². The summed E-state index contributed by atoms with van der Waals surface area (Å²) in [5, 5.41) is 15.9. The molecule has 0 spiro atoms. The van der Waals surface area contributed by atoms with E-state index in [-0.39, 0.29) is 6.03 Å². The second kappa shape index (κ2) is 5.96. The number of thioether (sulfide) groups is 1. The summed E-state index contributed by atoms with van der Waals surface area (Å²) in [6.07, 6.45) is 2.47. The lowest BCUT2D eigenvalue weighted by Gasteiger charge is -2.20. The van der Waals surface area contributed by atoms with E-state index in [0.29, 0.717) is 24.6 Å². The van der Waals surface area contributed by atoms with Gasteiger partial charge in [-0.05, 0) is 6.07 Å². The Hall–Kier alpha value is -1.70. The fraction of sp³-hybridized carbons (Fsp3) is 0.545. The van der Waals surface area contributed by atoms with Crippen molar-refractivity contribution in [2.45, 2.75) is 12.5 Å². The lowest BCUT2D eigenvalue weighted by Crippen LogP contribution is -2.47. The molecule has 1 unspecified atom stereocenters. The number of amides is 2. The zero-order valence-corrected chi connectivity index (χ0v) is 11.4. The van der Waals surface area contributed by atoms with Crippen molar-refractivity contribution in [3.63, 3.8) is 0 Å². The summed E-state index contributed by atoms with van der Waals surface area (Å²) in [6, 6.07) is 0.839. The van der Waals surface area contributed by atoms with Crippen molar-refractivity contribution in [2.75, 3.05) is 18.2 Å². The lowest BCUT2D eigenvalue weighted by molar-refractivity contribution is -0.140. The molecule has 2 heterocycles. The number of carboxylic acids is 1. The molecule has 1 atom stereocenters. The summed E-state index contributed by atoms with van der Waals surface area (Å²) in [7, 11) is 1.83. The number of urea groups is 1. The molecule has 1 saturated heterocycles. The minimum absolute atomic E-state index is 0.326. The van der Waals surface area contributed by atoms with Gasteiger partial charge in [-0.1, -0.05) is 0 Å². The van der Waals surface area contributed by atoms with Crippen LogP contribution in [0.1, 0.15) is 5.69 Å². The number of hydrogen-bond acceptors (Lipinski definition) is 4. The molecule has 0 saturated carbocycles. The third kappa shape index (κ3) is 3.40. The van der Waals surface area contributed by atoms with Gasteiger partial charge in [-0.25, -0.2) is 9.59 Å². The number of carbonyl (C=O) groups is 2. The number of hydrogen-bond donors (Lipinski definition) is 2. The number of nitrogens with one attached hydrogen (secondary N) is 1. The second-order valence-corrected chi connectivity index (χ2v) is 5.29. The van der Waals surface area contributed by atoms with Crippen LogP contribution in [0.15, 0.2) is 12.3 Å². The van der Waals surface area contributed by atoms with Gasteiger partial charge in [-0.3, -0.25) is 4.68 Å². The Morgan fingerprint density at radius 1 is 1.63 bits per heavy atom. The minimum Gasteiger partial charge on any atom is -0.480 e. The fourth-order valence-corrected chi connectivity index (χ4v) is 2.99. The Balaban J connectivity index is 1.79. The quantitative estimate of drug-likeness (QED) is 0.820. The van der Waals surface area contributed by atoms with Crippen LogP contribution in [-0.4, -0.2) is 56.0 Å². The van der Waals surface area contributed by atoms with Crippen molar-refractivity contribution in [1.29, 1.82) is 0 Å². The monoisotopic (exact) mass is 284 g/mol. The lowest BCUT2D eigenvalue weighted by atomic mass is 10.3. The molecule has 2 amide bonds. The zero-order valence-electron chi connectivity index (χ0n) is 10.6. The molecule has 2 rings (SSSR count). The summed E-state index contributed by atoms with van der Waals surface area (Å²) < 4.78 is 1.70. The molecule has 2 N–H and O–H groups in total. The first kappa shape index (κ1) is 13.7. The van der Waals surface area contributed by atoms with Gasteiger partial charge in [0.15, 0.2) is 0 Å². The van der Waals surface area contributed by atoms with Crippen LogP contribution in [0.5, 0.6) is 0 Å². The van der Waals surface area contributed by atoms with Crippen LogP contribution in [0.2, 0.25) is 0 Å². The minimum atomic E-state index is -0.954. The first-order chi connectivity index (χ1) is 9.08. The Morgan fingerprint density at radius 2 is 2.42 bits per heavy atom. The van der Waals surface area contributed by atoms with Crippen molar-refractivity contribution >= 4 is 23.8 Å². The number of aromatic nitrogens is 2. The molecule has 8 heteroatoms. The molecular weight excluding hydrogens is 268 g/mol. The molecule has 0 bridgehead atoms. The topological polar surface area (TPSA) is 87.5 Å². The van der Waals surface area contributed by atoms with E-state index in [1.165, 1.54) is 16.7 Å². The van der Waals surface area contributed by atoms with Crippen LogP contribution < -0.4 is 5.32 Å². The summed E-state index contributed by atoms with van der Waals surface area (Å²) in [4.78, 5) is 24.2. The van der Waals surface area contributed by atoms with Crippen LogP contribution >= 0.6 is 11.8 Å². The largest absolute Gasteiger partial charge is 0.480 e. The molecule has 1 aromatic rings. The first-order valence-electron chi connectivity index (χ1n) is 5.91. The van der Waals surface area contributed by atoms with E-state index < -0.39 is 12.0 Å². The molecule has 0 aliphatic carbocycles. The molecule has 1 aliphatic rings. The first-order valence-corrected chi connectivity index (χ1v) is 7.07. The van der Waals surface area contributed by atoms with Crippen LogP contribution in [0.3, 0.4) is 0 Å². The molecule has 1 aliphatic heterocycles. The summed E-state index contributed by atoms with van der Waals surface area (Å²) >= 11 is 1.45. The third-order valence-electron chi connectivity index (χ3n) is 2.85. The van der Waals surface area contributed by atoms with Gasteiger partial charge >= 0.3 is 12.0 Å². The zero-order chi connectivity index (χ0) is 13.8. The highest BCUT2D eigenvalue weighted by molar-refractivity contribution is 7.99. The number of nitrogens with zero attached hydrogens (tertiary/aromatic N) is 3. The van der Waals surface area contributed by atoms with Crippen molar-refractivity contribution < 1.29 is 14.7 Å². The Morgan fingerprint density at radius 3 is 3.05 bits per heavy atom. The number of carboxylic acid groups (broad SMARTS) is 1. The highest BCUT2D eigenvalue weighted by atomic mass is 32.2. The van der Waals surface area contributed by atoms with Gasteiger partial charge < -0.3 is 15.3 Å². The van der Waals surface area contributed by atoms with Crippen LogP contribution in [0, 0.1) is 0 Å². The highest BCUT2D eigenvalue weighted by Gasteiger charge is 2.34. The molecule has 0 radical (unpaired) electrons. The van der Waals surface area contributed by atoms with Crippen LogP contribution in [0.25, 0.3) is 0 Å². The van der Waals surface area contributed by atoms with Crippen LogP contribution in [0.4, 0.5) is 4.79 Å². The third-order valence-corrected chi connectivity index (χ3v) is 3.87.